The van der Waals surface area contributed by atoms with Gasteiger partial charge in [-0.15, -0.1) is 0 Å². The molecule has 1 aromatic carbocycles. The summed E-state index contributed by atoms with van der Waals surface area (Å²) in [7, 11) is 0. The van der Waals surface area contributed by atoms with Gasteiger partial charge in [0.15, 0.2) is 5.69 Å². The van der Waals surface area contributed by atoms with Crippen LogP contribution in [0.25, 0.3) is 0 Å². The summed E-state index contributed by atoms with van der Waals surface area (Å²) in [6.45, 7) is 1.68. The molecule has 0 saturated carbocycles. The third-order valence-corrected chi connectivity index (χ3v) is 2.80. The molecule has 0 aliphatic heterocycles. The molecule has 1 amide bonds. The lowest BCUT2D eigenvalue weighted by molar-refractivity contribution is -0.403. The Morgan fingerprint density at radius 3 is 2.54 bits per heavy atom. The van der Waals surface area contributed by atoms with E-state index in [9.17, 15) is 30.1 Å². The number of non-ortho nitro benzene ring substituents is 1. The summed E-state index contributed by atoms with van der Waals surface area (Å²) in [5.74, 6) is -1.75. The molecule has 1 heterocycles. The molecule has 1 aromatic heterocycles. The molecule has 2 rings (SSSR count). The van der Waals surface area contributed by atoms with E-state index in [2.05, 4.69) is 20.7 Å². The molecule has 2 N–H and O–H groups in total. The molecule has 0 unspecified atom stereocenters. The van der Waals surface area contributed by atoms with E-state index in [1.165, 1.54) is 6.07 Å². The Hall–Kier alpha value is -3.83. The zero-order chi connectivity index (χ0) is 17.9. The Balaban J connectivity index is 2.26. The predicted octanol–water partition coefficient (Wildman–Crippen LogP) is 0.372. The van der Waals surface area contributed by atoms with Crippen molar-refractivity contribution in [3.63, 3.8) is 0 Å². The zero-order valence-corrected chi connectivity index (χ0v) is 12.0. The zero-order valence-electron chi connectivity index (χ0n) is 12.0. The Morgan fingerprint density at radius 2 is 2.00 bits per heavy atom. The highest BCUT2D eigenvalue weighted by Gasteiger charge is 2.18. The number of hydrogen-bond acceptors (Lipinski definition) is 8. The first kappa shape index (κ1) is 16.5. The summed E-state index contributed by atoms with van der Waals surface area (Å²) < 4.78 is 0. The number of aryl methyl sites for hydroxylation is 1. The number of nitrogens with one attached hydrogen (secondary N) is 2. The van der Waals surface area contributed by atoms with Gasteiger partial charge in [0.1, 0.15) is 0 Å². The minimum atomic E-state index is -1.06. The summed E-state index contributed by atoms with van der Waals surface area (Å²) in [5.41, 5.74) is 0.725. The number of hydrazone groups is 1. The molecule has 2 aromatic rings. The number of nitrogens with zero attached hydrogens (tertiary/aromatic N) is 4. The van der Waals surface area contributed by atoms with Gasteiger partial charge in [0.25, 0.3) is 17.3 Å². The lowest BCUT2D eigenvalue weighted by Gasteiger charge is -2.09. The molecule has 0 fully saturated rings. The highest BCUT2D eigenvalue weighted by Crippen LogP contribution is 2.31. The smallest absolute Gasteiger partial charge is 0.291 e. The first-order valence-electron chi connectivity index (χ1n) is 6.29. The van der Waals surface area contributed by atoms with Crippen molar-refractivity contribution in [3.05, 3.63) is 55.4 Å². The summed E-state index contributed by atoms with van der Waals surface area (Å²) >= 11 is 0. The van der Waals surface area contributed by atoms with Gasteiger partial charge < -0.3 is 5.11 Å². The fraction of sp³-hybridized carbons (Fsp3) is 0.0833. The quantitative estimate of drug-likeness (QED) is 0.450. The molecular formula is C12H9N6O6-. The average molecular weight is 333 g/mol. The van der Waals surface area contributed by atoms with E-state index >= 15 is 0 Å². The van der Waals surface area contributed by atoms with Crippen LogP contribution >= 0.6 is 0 Å². The van der Waals surface area contributed by atoms with Gasteiger partial charge in [-0.3, -0.25) is 30.1 Å². The van der Waals surface area contributed by atoms with Crippen LogP contribution in [-0.4, -0.2) is 32.2 Å². The van der Waals surface area contributed by atoms with Crippen LogP contribution in [0, 0.1) is 27.2 Å². The van der Waals surface area contributed by atoms with Gasteiger partial charge in [0.05, 0.1) is 22.1 Å². The van der Waals surface area contributed by atoms with E-state index in [0.29, 0.717) is 11.8 Å². The van der Waals surface area contributed by atoms with Crippen molar-refractivity contribution in [1.82, 2.24) is 15.6 Å². The van der Waals surface area contributed by atoms with Gasteiger partial charge in [-0.05, 0) is 18.7 Å². The third-order valence-electron chi connectivity index (χ3n) is 2.80. The van der Waals surface area contributed by atoms with E-state index < -0.39 is 38.4 Å². The van der Waals surface area contributed by atoms with Crippen LogP contribution in [0.3, 0.4) is 0 Å². The Bertz CT molecular complexity index is 858. The number of H-pyrrole nitrogens is 1. The van der Waals surface area contributed by atoms with Crippen molar-refractivity contribution in [2.75, 3.05) is 0 Å². The fourth-order valence-electron chi connectivity index (χ4n) is 1.71. The van der Waals surface area contributed by atoms with Crippen LogP contribution in [0.4, 0.5) is 11.4 Å². The maximum absolute atomic E-state index is 11.8. The maximum Gasteiger partial charge on any atom is 0.291 e. The molecule has 0 saturated heterocycles. The average Bonchev–Trinajstić information content (AvgIpc) is 2.94. The number of hydrogen-bond donors (Lipinski definition) is 2. The van der Waals surface area contributed by atoms with Crippen molar-refractivity contribution in [2.45, 2.75) is 6.92 Å². The normalized spacial score (nSPS) is 10.7. The number of aromatic amines is 1. The topological polar surface area (TPSA) is 179 Å². The van der Waals surface area contributed by atoms with Gasteiger partial charge in [0, 0.05) is 17.3 Å². The van der Waals surface area contributed by atoms with Gasteiger partial charge in [-0.1, -0.05) is 0 Å². The number of carbonyl (C=O) groups is 1. The highest BCUT2D eigenvalue weighted by atomic mass is 16.6. The van der Waals surface area contributed by atoms with E-state index in [1.807, 2.05) is 0 Å². The van der Waals surface area contributed by atoms with Crippen LogP contribution in [0.15, 0.2) is 23.3 Å². The van der Waals surface area contributed by atoms with Crippen molar-refractivity contribution >= 4 is 23.5 Å². The van der Waals surface area contributed by atoms with E-state index in [1.54, 1.807) is 6.92 Å². The number of nitro benzene ring substituents is 2. The first-order valence-corrected chi connectivity index (χ1v) is 6.29. The number of nitro groups is 2. The van der Waals surface area contributed by atoms with Crippen LogP contribution in [0.1, 0.15) is 21.7 Å². The predicted molar refractivity (Wildman–Crippen MR) is 77.6 cm³/mol. The maximum atomic E-state index is 11.8. The van der Waals surface area contributed by atoms with Crippen molar-refractivity contribution < 1.29 is 19.7 Å². The minimum absolute atomic E-state index is 0.0389. The van der Waals surface area contributed by atoms with E-state index in [0.717, 1.165) is 12.3 Å². The largest absolute Gasteiger partial charge is 0.867 e. The second-order valence-electron chi connectivity index (χ2n) is 4.53. The SMILES string of the molecule is Cc1cc(C(=O)N/N=C\c2cc([N+](=O)[O-])cc([N+](=O)[O-])c2[O-])n[nH]1. The number of aromatic nitrogens is 2. The highest BCUT2D eigenvalue weighted by molar-refractivity contribution is 5.93. The Morgan fingerprint density at radius 1 is 1.29 bits per heavy atom. The van der Waals surface area contributed by atoms with Crippen molar-refractivity contribution in [3.8, 4) is 5.75 Å². The van der Waals surface area contributed by atoms with E-state index in [4.69, 9.17) is 0 Å². The second kappa shape index (κ2) is 6.51. The second-order valence-corrected chi connectivity index (χ2v) is 4.53. The number of rotatable bonds is 5. The van der Waals surface area contributed by atoms with Crippen LogP contribution in [-0.2, 0) is 0 Å². The monoisotopic (exact) mass is 333 g/mol. The number of benzene rings is 1. The van der Waals surface area contributed by atoms with Crippen LogP contribution in [0.5, 0.6) is 5.75 Å². The number of carbonyl (C=O) groups excluding carboxylic acids is 1. The summed E-state index contributed by atoms with van der Waals surface area (Å²) in [5, 5.41) is 43.1. The van der Waals surface area contributed by atoms with E-state index in [-0.39, 0.29) is 5.69 Å². The lowest BCUT2D eigenvalue weighted by atomic mass is 10.1. The summed E-state index contributed by atoms with van der Waals surface area (Å²) in [6, 6.07) is 2.83. The standard InChI is InChI=1S/C12H10N6O6/c1-6-2-9(15-14-6)12(20)16-13-5-7-3-8(17(21)22)4-10(11(7)19)18(23)24/h2-5,19H,1H3,(H,14,15)(H,16,20)/p-1/b13-5-. The first-order chi connectivity index (χ1) is 11.3. The summed E-state index contributed by atoms with van der Waals surface area (Å²) in [6.07, 6.45) is 0.791. The molecule has 12 heteroatoms. The van der Waals surface area contributed by atoms with Crippen LogP contribution in [0.2, 0.25) is 0 Å². The Kier molecular flexibility index (Phi) is 4.49. The fourth-order valence-corrected chi connectivity index (χ4v) is 1.71. The molecule has 0 spiro atoms. The van der Waals surface area contributed by atoms with Crippen molar-refractivity contribution in [1.29, 1.82) is 0 Å². The van der Waals surface area contributed by atoms with Gasteiger partial charge in [-0.25, -0.2) is 5.43 Å². The van der Waals surface area contributed by atoms with Crippen molar-refractivity contribution in [2.24, 2.45) is 5.10 Å². The molecule has 124 valence electrons. The molecular weight excluding hydrogens is 324 g/mol. The van der Waals surface area contributed by atoms with Gasteiger partial charge in [0.2, 0.25) is 0 Å². The molecule has 24 heavy (non-hydrogen) atoms. The lowest BCUT2D eigenvalue weighted by Crippen LogP contribution is -2.18. The number of amides is 1. The van der Waals surface area contributed by atoms with Crippen LogP contribution < -0.4 is 10.5 Å². The summed E-state index contributed by atoms with van der Waals surface area (Å²) in [4.78, 5) is 31.3. The molecule has 0 atom stereocenters. The molecule has 0 radical (unpaired) electrons. The minimum Gasteiger partial charge on any atom is -0.867 e. The Labute approximate surface area is 133 Å². The molecule has 0 aliphatic carbocycles. The van der Waals surface area contributed by atoms with Gasteiger partial charge in [-0.2, -0.15) is 10.2 Å². The molecule has 0 aliphatic rings. The molecule has 0 bridgehead atoms. The van der Waals surface area contributed by atoms with Gasteiger partial charge >= 0.3 is 0 Å². The molecule has 12 nitrogen and oxygen atoms in total. The third kappa shape index (κ3) is 3.49.